The summed E-state index contributed by atoms with van der Waals surface area (Å²) < 4.78 is 5.01. The number of rotatable bonds is 6. The average Bonchev–Trinajstić information content (AvgIpc) is 2.71. The lowest BCUT2D eigenvalue weighted by molar-refractivity contribution is 0.0983. The first-order valence-corrected chi connectivity index (χ1v) is 9.34. The first-order chi connectivity index (χ1) is 13.0. The molecule has 144 valence electrons. The third kappa shape index (κ3) is 4.13. The van der Waals surface area contributed by atoms with Gasteiger partial charge >= 0.3 is 6.09 Å². The molecule has 1 fully saturated rings. The number of likely N-dealkylation sites (tertiary alicyclic amines) is 1. The summed E-state index contributed by atoms with van der Waals surface area (Å²) in [6.07, 6.45) is 1.10. The summed E-state index contributed by atoms with van der Waals surface area (Å²) in [6, 6.07) is 9.72. The van der Waals surface area contributed by atoms with Crippen molar-refractivity contribution in [1.82, 2.24) is 4.90 Å². The second kappa shape index (κ2) is 8.24. The summed E-state index contributed by atoms with van der Waals surface area (Å²) in [5.74, 6) is 0. The van der Waals surface area contributed by atoms with E-state index in [1.807, 2.05) is 37.3 Å². The number of carbonyl (C=O) groups is 1. The number of anilines is 2. The van der Waals surface area contributed by atoms with Crippen molar-refractivity contribution < 1.29 is 9.53 Å². The lowest BCUT2D eigenvalue weighted by atomic mass is 10.0. The predicted octanol–water partition coefficient (Wildman–Crippen LogP) is 2.49. The maximum Gasteiger partial charge on any atom is 0.409 e. The highest BCUT2D eigenvalue weighted by Gasteiger charge is 2.28. The van der Waals surface area contributed by atoms with Gasteiger partial charge in [-0.3, -0.25) is 9.59 Å². The molecule has 0 bridgehead atoms. The number of hydrogen-bond acceptors (Lipinski definition) is 6. The van der Waals surface area contributed by atoms with Gasteiger partial charge in [0, 0.05) is 25.2 Å². The fourth-order valence-corrected chi connectivity index (χ4v) is 3.33. The van der Waals surface area contributed by atoms with Crippen molar-refractivity contribution >= 4 is 17.5 Å². The fraction of sp³-hybridized carbons (Fsp3) is 0.450. The average molecular weight is 371 g/mol. The fourth-order valence-electron chi connectivity index (χ4n) is 3.33. The smallest absolute Gasteiger partial charge is 0.409 e. The van der Waals surface area contributed by atoms with Crippen molar-refractivity contribution in [3.05, 3.63) is 56.3 Å². The first kappa shape index (κ1) is 18.9. The van der Waals surface area contributed by atoms with Crippen LogP contribution in [0.4, 0.5) is 16.2 Å². The molecule has 7 heteroatoms. The third-order valence-corrected chi connectivity index (χ3v) is 4.94. The zero-order valence-electron chi connectivity index (χ0n) is 15.7. The molecule has 1 aliphatic rings. The summed E-state index contributed by atoms with van der Waals surface area (Å²) in [6.45, 7) is 5.22. The Balaban J connectivity index is 1.61. The minimum Gasteiger partial charge on any atom is -0.450 e. The Kier molecular flexibility index (Phi) is 5.78. The van der Waals surface area contributed by atoms with Crippen LogP contribution in [-0.4, -0.2) is 36.7 Å². The van der Waals surface area contributed by atoms with Crippen LogP contribution in [0, 0.1) is 0 Å². The van der Waals surface area contributed by atoms with Gasteiger partial charge in [0.15, 0.2) is 0 Å². The van der Waals surface area contributed by atoms with E-state index in [0.29, 0.717) is 43.9 Å². The summed E-state index contributed by atoms with van der Waals surface area (Å²) in [5, 5.41) is 6.36. The van der Waals surface area contributed by atoms with Crippen LogP contribution >= 0.6 is 0 Å². The van der Waals surface area contributed by atoms with E-state index in [1.165, 1.54) is 0 Å². The summed E-state index contributed by atoms with van der Waals surface area (Å²) in [5.41, 5.74) is 0.788. The molecule has 0 aliphatic carbocycles. The van der Waals surface area contributed by atoms with E-state index >= 15 is 0 Å². The van der Waals surface area contributed by atoms with E-state index in [0.717, 1.165) is 5.56 Å². The number of carbonyl (C=O) groups excluding carboxylic acids is 1. The van der Waals surface area contributed by atoms with Gasteiger partial charge in [-0.25, -0.2) is 4.79 Å². The second-order valence-corrected chi connectivity index (χ2v) is 6.79. The Morgan fingerprint density at radius 3 is 2.41 bits per heavy atom. The maximum atomic E-state index is 12.0. The van der Waals surface area contributed by atoms with Crippen molar-refractivity contribution in [2.75, 3.05) is 30.3 Å². The van der Waals surface area contributed by atoms with E-state index in [1.54, 1.807) is 11.8 Å². The monoisotopic (exact) mass is 371 g/mol. The SMILES string of the molecule is CCOC(=O)N1CCC(Nc2c(N[C@@H](C)c3ccccc3)c(=O)c2=O)CC1. The number of nitrogens with zero attached hydrogens (tertiary/aromatic N) is 1. The highest BCUT2D eigenvalue weighted by Crippen LogP contribution is 2.24. The number of hydrogen-bond donors (Lipinski definition) is 2. The van der Waals surface area contributed by atoms with Crippen LogP contribution in [0.1, 0.15) is 38.3 Å². The third-order valence-electron chi connectivity index (χ3n) is 4.94. The number of ether oxygens (including phenoxy) is 1. The van der Waals surface area contributed by atoms with Gasteiger partial charge in [0.05, 0.1) is 6.61 Å². The van der Waals surface area contributed by atoms with Gasteiger partial charge in [-0.1, -0.05) is 30.3 Å². The zero-order valence-corrected chi connectivity index (χ0v) is 15.7. The Hall–Kier alpha value is -2.83. The molecule has 0 saturated carbocycles. The van der Waals surface area contributed by atoms with E-state index in [-0.39, 0.29) is 18.2 Å². The van der Waals surface area contributed by atoms with Gasteiger partial charge in [0.2, 0.25) is 0 Å². The van der Waals surface area contributed by atoms with Crippen LogP contribution in [0.15, 0.2) is 39.9 Å². The molecule has 27 heavy (non-hydrogen) atoms. The van der Waals surface area contributed by atoms with Gasteiger partial charge in [0.25, 0.3) is 10.9 Å². The van der Waals surface area contributed by atoms with Crippen LogP contribution in [0.25, 0.3) is 0 Å². The molecule has 1 aliphatic heterocycles. The first-order valence-electron chi connectivity index (χ1n) is 9.34. The van der Waals surface area contributed by atoms with E-state index in [9.17, 15) is 14.4 Å². The van der Waals surface area contributed by atoms with E-state index in [4.69, 9.17) is 4.74 Å². The predicted molar refractivity (Wildman–Crippen MR) is 105 cm³/mol. The molecule has 0 spiro atoms. The molecule has 2 aromatic rings. The quantitative estimate of drug-likeness (QED) is 0.759. The molecule has 3 rings (SSSR count). The summed E-state index contributed by atoms with van der Waals surface area (Å²) in [4.78, 5) is 37.5. The summed E-state index contributed by atoms with van der Waals surface area (Å²) >= 11 is 0. The molecule has 2 aromatic carbocycles. The molecule has 2 N–H and O–H groups in total. The summed E-state index contributed by atoms with van der Waals surface area (Å²) in [7, 11) is 0. The molecule has 1 heterocycles. The molecule has 0 aromatic heterocycles. The van der Waals surface area contributed by atoms with Crippen LogP contribution in [0.2, 0.25) is 0 Å². The van der Waals surface area contributed by atoms with Crippen molar-refractivity contribution in [1.29, 1.82) is 0 Å². The lowest BCUT2D eigenvalue weighted by Gasteiger charge is -2.32. The van der Waals surface area contributed by atoms with Crippen molar-refractivity contribution in [3.8, 4) is 0 Å². The second-order valence-electron chi connectivity index (χ2n) is 6.79. The van der Waals surface area contributed by atoms with Crippen molar-refractivity contribution in [2.45, 2.75) is 38.8 Å². The normalized spacial score (nSPS) is 16.1. The molecule has 1 saturated heterocycles. The number of benzene rings is 1. The van der Waals surface area contributed by atoms with Gasteiger partial charge in [0.1, 0.15) is 11.4 Å². The Morgan fingerprint density at radius 1 is 1.15 bits per heavy atom. The number of piperidine rings is 1. The molecular formula is C20H25N3O4. The van der Waals surface area contributed by atoms with Crippen LogP contribution in [-0.2, 0) is 4.74 Å². The van der Waals surface area contributed by atoms with Gasteiger partial charge in [-0.15, -0.1) is 0 Å². The minimum absolute atomic E-state index is 0.0477. The van der Waals surface area contributed by atoms with Crippen molar-refractivity contribution in [2.24, 2.45) is 0 Å². The lowest BCUT2D eigenvalue weighted by Crippen LogP contribution is -2.45. The Morgan fingerprint density at radius 2 is 1.78 bits per heavy atom. The topological polar surface area (TPSA) is 87.7 Å². The van der Waals surface area contributed by atoms with Crippen LogP contribution < -0.4 is 21.5 Å². The molecule has 1 atom stereocenters. The van der Waals surface area contributed by atoms with Crippen molar-refractivity contribution in [3.63, 3.8) is 0 Å². The number of amides is 1. The maximum absolute atomic E-state index is 12.0. The van der Waals surface area contributed by atoms with Crippen LogP contribution in [0.3, 0.4) is 0 Å². The molecule has 0 radical (unpaired) electrons. The molecular weight excluding hydrogens is 346 g/mol. The highest BCUT2D eigenvalue weighted by atomic mass is 16.6. The zero-order chi connectivity index (χ0) is 19.4. The Labute approximate surface area is 158 Å². The standard InChI is InChI=1S/C20H25N3O4/c1-3-27-20(26)23-11-9-15(10-12-23)22-17-16(18(24)19(17)25)21-13(2)14-7-5-4-6-8-14/h4-8,13,15,21-22H,3,9-12H2,1-2H3/t13-/m0/s1. The van der Waals surface area contributed by atoms with E-state index in [2.05, 4.69) is 10.6 Å². The molecule has 1 amide bonds. The largest absolute Gasteiger partial charge is 0.450 e. The number of nitrogens with one attached hydrogen (secondary N) is 2. The highest BCUT2D eigenvalue weighted by molar-refractivity contribution is 5.75. The van der Waals surface area contributed by atoms with Crippen LogP contribution in [0.5, 0.6) is 0 Å². The minimum atomic E-state index is -0.482. The van der Waals surface area contributed by atoms with E-state index < -0.39 is 10.9 Å². The Bertz CT molecular complexity index is 850. The van der Waals surface area contributed by atoms with Gasteiger partial charge < -0.3 is 20.3 Å². The van der Waals surface area contributed by atoms with Gasteiger partial charge in [-0.2, -0.15) is 0 Å². The molecule has 7 nitrogen and oxygen atoms in total. The molecule has 0 unspecified atom stereocenters. The van der Waals surface area contributed by atoms with Gasteiger partial charge in [-0.05, 0) is 32.3 Å².